The Morgan fingerprint density at radius 3 is 2.38 bits per heavy atom. The fourth-order valence-electron chi connectivity index (χ4n) is 3.84. The first-order valence-corrected chi connectivity index (χ1v) is 10.1. The number of aromatic nitrogens is 3. The van der Waals surface area contributed by atoms with Crippen LogP contribution in [0.5, 0.6) is 0 Å². The third-order valence-electron chi connectivity index (χ3n) is 5.45. The number of aryl methyl sites for hydroxylation is 1. The zero-order valence-corrected chi connectivity index (χ0v) is 17.0. The largest absolute Gasteiger partial charge is 0.350 e. The molecule has 0 radical (unpaired) electrons. The van der Waals surface area contributed by atoms with Gasteiger partial charge < -0.3 is 4.90 Å². The first kappa shape index (κ1) is 19.5. The van der Waals surface area contributed by atoms with Crippen molar-refractivity contribution in [3.63, 3.8) is 0 Å². The van der Waals surface area contributed by atoms with Crippen LogP contribution >= 0.6 is 11.6 Å². The van der Waals surface area contributed by atoms with Gasteiger partial charge in [-0.15, -0.1) is 0 Å². The van der Waals surface area contributed by atoms with Gasteiger partial charge >= 0.3 is 5.69 Å². The number of halogens is 1. The van der Waals surface area contributed by atoms with Crippen LogP contribution < -0.4 is 5.69 Å². The highest BCUT2D eigenvalue weighted by atomic mass is 35.5. The smallest absolute Gasteiger partial charge is 0.342 e. The van der Waals surface area contributed by atoms with Crippen LogP contribution in [0.4, 0.5) is 0 Å². The summed E-state index contributed by atoms with van der Waals surface area (Å²) in [6, 6.07) is 17.0. The van der Waals surface area contributed by atoms with E-state index in [1.165, 1.54) is 4.68 Å². The van der Waals surface area contributed by atoms with E-state index in [0.29, 0.717) is 24.5 Å². The molecule has 4 rings (SSSR count). The van der Waals surface area contributed by atoms with E-state index in [0.717, 1.165) is 29.9 Å². The normalized spacial score (nSPS) is 14.9. The number of para-hydroxylation sites is 1. The molecule has 1 amide bonds. The van der Waals surface area contributed by atoms with E-state index >= 15 is 0 Å². The molecule has 7 heteroatoms. The van der Waals surface area contributed by atoms with Gasteiger partial charge in [0.05, 0.1) is 12.1 Å². The average molecular weight is 411 g/mol. The summed E-state index contributed by atoms with van der Waals surface area (Å²) in [5.74, 6) is 1.03. The lowest BCUT2D eigenvalue weighted by atomic mass is 9.95. The number of piperidine rings is 1. The molecular formula is C22H23ClN4O2. The van der Waals surface area contributed by atoms with E-state index in [1.54, 1.807) is 23.7 Å². The van der Waals surface area contributed by atoms with Gasteiger partial charge in [0.2, 0.25) is 5.91 Å². The number of benzene rings is 2. The van der Waals surface area contributed by atoms with Gasteiger partial charge in [-0.25, -0.2) is 14.0 Å². The first-order chi connectivity index (χ1) is 14.0. The minimum Gasteiger partial charge on any atom is -0.342 e. The zero-order valence-electron chi connectivity index (χ0n) is 16.3. The van der Waals surface area contributed by atoms with Gasteiger partial charge in [-0.3, -0.25) is 4.79 Å². The second kappa shape index (κ2) is 8.25. The molecule has 0 N–H and O–H groups in total. The van der Waals surface area contributed by atoms with Crippen molar-refractivity contribution >= 4 is 17.5 Å². The van der Waals surface area contributed by atoms with Gasteiger partial charge in [-0.2, -0.15) is 5.10 Å². The summed E-state index contributed by atoms with van der Waals surface area (Å²) < 4.78 is 3.08. The molecule has 1 aliphatic heterocycles. The van der Waals surface area contributed by atoms with Crippen molar-refractivity contribution in [3.8, 4) is 5.69 Å². The van der Waals surface area contributed by atoms with Crippen LogP contribution in [0, 0.1) is 0 Å². The summed E-state index contributed by atoms with van der Waals surface area (Å²) in [4.78, 5) is 27.2. The molecule has 1 fully saturated rings. The van der Waals surface area contributed by atoms with Gasteiger partial charge in [-0.1, -0.05) is 41.9 Å². The molecule has 0 bridgehead atoms. The van der Waals surface area contributed by atoms with Crippen LogP contribution in [0.1, 0.15) is 30.1 Å². The second-order valence-corrected chi connectivity index (χ2v) is 7.83. The molecule has 2 aromatic carbocycles. The molecule has 0 aliphatic carbocycles. The molecule has 1 saturated heterocycles. The zero-order chi connectivity index (χ0) is 20.4. The highest BCUT2D eigenvalue weighted by Gasteiger charge is 2.28. The fraction of sp³-hybridized carbons (Fsp3) is 0.318. The third-order valence-corrected chi connectivity index (χ3v) is 5.70. The minimum atomic E-state index is -0.146. The molecule has 6 nitrogen and oxygen atoms in total. The topological polar surface area (TPSA) is 60.1 Å². The van der Waals surface area contributed by atoms with Crippen LogP contribution in [0.15, 0.2) is 59.4 Å². The molecule has 1 aromatic heterocycles. The first-order valence-electron chi connectivity index (χ1n) is 9.76. The number of carbonyl (C=O) groups is 1. The molecule has 0 unspecified atom stereocenters. The van der Waals surface area contributed by atoms with Crippen molar-refractivity contribution in [2.24, 2.45) is 7.05 Å². The number of nitrogens with zero attached hydrogens (tertiary/aromatic N) is 4. The standard InChI is InChI=1S/C22H23ClN4O2/c1-25-22(29)27(19-5-3-2-4-6-19)21(24-25)17-11-13-26(14-12-17)20(28)15-16-7-9-18(23)10-8-16/h2-10,17H,11-15H2,1H3. The van der Waals surface area contributed by atoms with Crippen LogP contribution in [-0.4, -0.2) is 38.2 Å². The Labute approximate surface area is 174 Å². The van der Waals surface area contributed by atoms with E-state index in [1.807, 2.05) is 47.4 Å². The maximum Gasteiger partial charge on any atom is 0.350 e. The molecule has 1 aliphatic rings. The molecule has 3 aromatic rings. The second-order valence-electron chi connectivity index (χ2n) is 7.39. The predicted molar refractivity (Wildman–Crippen MR) is 113 cm³/mol. The predicted octanol–water partition coefficient (Wildman–Crippen LogP) is 3.17. The summed E-state index contributed by atoms with van der Waals surface area (Å²) in [5, 5.41) is 5.18. The molecule has 29 heavy (non-hydrogen) atoms. The lowest BCUT2D eigenvalue weighted by Crippen LogP contribution is -2.39. The van der Waals surface area contributed by atoms with Gasteiger partial charge in [-0.05, 0) is 42.7 Å². The van der Waals surface area contributed by atoms with E-state index < -0.39 is 0 Å². The maximum atomic E-state index is 12.7. The van der Waals surface area contributed by atoms with Crippen LogP contribution in [0.3, 0.4) is 0 Å². The lowest BCUT2D eigenvalue weighted by molar-refractivity contribution is -0.131. The summed E-state index contributed by atoms with van der Waals surface area (Å²) in [6.45, 7) is 1.33. The van der Waals surface area contributed by atoms with Crippen molar-refractivity contribution in [2.75, 3.05) is 13.1 Å². The highest BCUT2D eigenvalue weighted by Crippen LogP contribution is 2.28. The van der Waals surface area contributed by atoms with Gasteiger partial charge in [0.25, 0.3) is 0 Å². The molecule has 0 saturated carbocycles. The third kappa shape index (κ3) is 4.12. The Morgan fingerprint density at radius 2 is 1.72 bits per heavy atom. The van der Waals surface area contributed by atoms with Crippen molar-refractivity contribution in [3.05, 3.63) is 81.5 Å². The maximum absolute atomic E-state index is 12.7. The summed E-state index contributed by atoms with van der Waals surface area (Å²) in [6.07, 6.45) is 1.95. The summed E-state index contributed by atoms with van der Waals surface area (Å²) in [5.41, 5.74) is 1.64. The Hall–Kier alpha value is -2.86. The van der Waals surface area contributed by atoms with E-state index in [9.17, 15) is 9.59 Å². The molecule has 2 heterocycles. The summed E-state index contributed by atoms with van der Waals surface area (Å²) in [7, 11) is 1.68. The van der Waals surface area contributed by atoms with E-state index in [2.05, 4.69) is 5.10 Å². The molecular weight excluding hydrogens is 388 g/mol. The van der Waals surface area contributed by atoms with Crippen LogP contribution in [-0.2, 0) is 18.3 Å². The Balaban J connectivity index is 1.46. The average Bonchev–Trinajstić information content (AvgIpc) is 3.05. The lowest BCUT2D eigenvalue weighted by Gasteiger charge is -2.31. The number of rotatable bonds is 4. The Kier molecular flexibility index (Phi) is 5.53. The fourth-order valence-corrected chi connectivity index (χ4v) is 3.97. The van der Waals surface area contributed by atoms with Gasteiger partial charge in [0.15, 0.2) is 0 Å². The number of likely N-dealkylation sites (tertiary alicyclic amines) is 1. The number of hydrogen-bond donors (Lipinski definition) is 0. The van der Waals surface area contributed by atoms with Gasteiger partial charge in [0.1, 0.15) is 5.82 Å². The van der Waals surface area contributed by atoms with Crippen LogP contribution in [0.25, 0.3) is 5.69 Å². The Bertz CT molecular complexity index is 1050. The molecule has 0 atom stereocenters. The van der Waals surface area contributed by atoms with Crippen molar-refractivity contribution < 1.29 is 4.79 Å². The van der Waals surface area contributed by atoms with Crippen molar-refractivity contribution in [1.82, 2.24) is 19.2 Å². The SMILES string of the molecule is Cn1nc(C2CCN(C(=O)Cc3ccc(Cl)cc3)CC2)n(-c2ccccc2)c1=O. The number of hydrogen-bond acceptors (Lipinski definition) is 3. The monoisotopic (exact) mass is 410 g/mol. The molecule has 0 spiro atoms. The van der Waals surface area contributed by atoms with Crippen LogP contribution in [0.2, 0.25) is 5.02 Å². The number of carbonyl (C=O) groups excluding carboxylic acids is 1. The minimum absolute atomic E-state index is 0.118. The summed E-state index contributed by atoms with van der Waals surface area (Å²) >= 11 is 5.91. The highest BCUT2D eigenvalue weighted by molar-refractivity contribution is 6.30. The van der Waals surface area contributed by atoms with E-state index in [4.69, 9.17) is 11.6 Å². The van der Waals surface area contributed by atoms with Crippen molar-refractivity contribution in [2.45, 2.75) is 25.2 Å². The quantitative estimate of drug-likeness (QED) is 0.663. The Morgan fingerprint density at radius 1 is 1.07 bits per heavy atom. The number of amides is 1. The van der Waals surface area contributed by atoms with Gasteiger partial charge in [0, 0.05) is 31.1 Å². The van der Waals surface area contributed by atoms with E-state index in [-0.39, 0.29) is 17.5 Å². The molecule has 150 valence electrons. The van der Waals surface area contributed by atoms with Crippen molar-refractivity contribution in [1.29, 1.82) is 0 Å².